The molecule has 4 aromatic rings. The zero-order valence-electron chi connectivity index (χ0n) is 21.6. The molecule has 0 radical (unpaired) electrons. The molecule has 0 saturated carbocycles. The van der Waals surface area contributed by atoms with Gasteiger partial charge in [0.2, 0.25) is 0 Å². The molecule has 2 aromatic carbocycles. The molecular formula is C28H26O10. The Morgan fingerprint density at radius 2 is 1.03 bits per heavy atom. The second-order valence-electron chi connectivity index (χ2n) is 9.85. The van der Waals surface area contributed by atoms with Crippen LogP contribution in [0.25, 0.3) is 33.1 Å². The third kappa shape index (κ3) is 3.98. The van der Waals surface area contributed by atoms with Gasteiger partial charge >= 0.3 is 11.9 Å². The van der Waals surface area contributed by atoms with Crippen LogP contribution < -0.4 is 10.9 Å². The van der Waals surface area contributed by atoms with Crippen molar-refractivity contribution in [2.75, 3.05) is 14.2 Å². The van der Waals surface area contributed by atoms with Crippen LogP contribution >= 0.6 is 0 Å². The standard InChI is InChI=1S/C28H26O10/c1-27(2,25(33)35-5)19-11-15(29)21-17(37-19)9-7-13(23(21)31)14-8-10-18-22(24(14)32)16(30)12-20(38-18)28(3,4)26(34)36-6/h7-12,31-32H,1-6H3. The van der Waals surface area contributed by atoms with E-state index in [0.29, 0.717) is 0 Å². The normalized spacial score (nSPS) is 12.1. The lowest BCUT2D eigenvalue weighted by atomic mass is 9.89. The quantitative estimate of drug-likeness (QED) is 0.369. The Morgan fingerprint density at radius 3 is 1.34 bits per heavy atom. The third-order valence-corrected chi connectivity index (χ3v) is 6.65. The van der Waals surface area contributed by atoms with Crippen LogP contribution in [0, 0.1) is 0 Å². The van der Waals surface area contributed by atoms with Crippen molar-refractivity contribution in [3.05, 3.63) is 68.4 Å². The maximum absolute atomic E-state index is 13.0. The first-order valence-corrected chi connectivity index (χ1v) is 11.5. The average Bonchev–Trinajstić information content (AvgIpc) is 2.87. The lowest BCUT2D eigenvalue weighted by molar-refractivity contribution is -0.147. The van der Waals surface area contributed by atoms with Gasteiger partial charge in [0.05, 0.1) is 14.2 Å². The number of methoxy groups -OCH3 is 2. The Morgan fingerprint density at radius 1 is 0.684 bits per heavy atom. The fraction of sp³-hybridized carbons (Fsp3) is 0.286. The average molecular weight is 523 g/mol. The molecule has 0 saturated heterocycles. The summed E-state index contributed by atoms with van der Waals surface area (Å²) in [6, 6.07) is 7.84. The summed E-state index contributed by atoms with van der Waals surface area (Å²) in [5, 5.41) is 21.7. The molecule has 2 N–H and O–H groups in total. The van der Waals surface area contributed by atoms with Gasteiger partial charge in [-0.25, -0.2) is 0 Å². The van der Waals surface area contributed by atoms with Gasteiger partial charge in [0, 0.05) is 23.3 Å². The van der Waals surface area contributed by atoms with Crippen molar-refractivity contribution in [3.63, 3.8) is 0 Å². The number of rotatable bonds is 5. The van der Waals surface area contributed by atoms with Crippen LogP contribution in [-0.4, -0.2) is 36.4 Å². The van der Waals surface area contributed by atoms with Crippen LogP contribution in [0.2, 0.25) is 0 Å². The van der Waals surface area contributed by atoms with Gasteiger partial charge in [-0.1, -0.05) is 0 Å². The number of ether oxygens (including phenoxy) is 2. The third-order valence-electron chi connectivity index (χ3n) is 6.65. The van der Waals surface area contributed by atoms with Crippen LogP contribution in [0.15, 0.2) is 54.8 Å². The summed E-state index contributed by atoms with van der Waals surface area (Å²) in [5.41, 5.74) is -3.62. The molecule has 0 fully saturated rings. The Balaban J connectivity index is 1.90. The van der Waals surface area contributed by atoms with Gasteiger partial charge in [0.15, 0.2) is 10.9 Å². The molecule has 38 heavy (non-hydrogen) atoms. The lowest BCUT2D eigenvalue weighted by Crippen LogP contribution is -2.31. The minimum atomic E-state index is -1.26. The number of hydrogen-bond donors (Lipinski definition) is 2. The van der Waals surface area contributed by atoms with E-state index in [1.54, 1.807) is 0 Å². The van der Waals surface area contributed by atoms with Crippen molar-refractivity contribution < 1.29 is 38.1 Å². The summed E-state index contributed by atoms with van der Waals surface area (Å²) in [5.74, 6) is -2.10. The molecule has 10 nitrogen and oxygen atoms in total. The number of phenols is 2. The largest absolute Gasteiger partial charge is 0.506 e. The monoisotopic (exact) mass is 522 g/mol. The van der Waals surface area contributed by atoms with Crippen LogP contribution in [0.3, 0.4) is 0 Å². The van der Waals surface area contributed by atoms with Gasteiger partial charge in [-0.05, 0) is 52.0 Å². The summed E-state index contributed by atoms with van der Waals surface area (Å²) < 4.78 is 21.1. The zero-order valence-corrected chi connectivity index (χ0v) is 21.6. The van der Waals surface area contributed by atoms with Gasteiger partial charge in [0.1, 0.15) is 55.8 Å². The number of hydrogen-bond acceptors (Lipinski definition) is 10. The van der Waals surface area contributed by atoms with E-state index in [2.05, 4.69) is 0 Å². The second-order valence-corrected chi connectivity index (χ2v) is 9.85. The Labute approximate surface area is 216 Å². The number of esters is 2. The molecular weight excluding hydrogens is 496 g/mol. The minimum Gasteiger partial charge on any atom is -0.506 e. The Kier molecular flexibility index (Phi) is 6.30. The molecule has 0 atom stereocenters. The van der Waals surface area contributed by atoms with Crippen molar-refractivity contribution in [2.24, 2.45) is 0 Å². The van der Waals surface area contributed by atoms with E-state index < -0.39 is 45.1 Å². The molecule has 0 aliphatic carbocycles. The van der Waals surface area contributed by atoms with Gasteiger partial charge in [-0.3, -0.25) is 19.2 Å². The second kappa shape index (κ2) is 9.05. The van der Waals surface area contributed by atoms with E-state index in [9.17, 15) is 29.4 Å². The SMILES string of the molecule is COC(=O)C(C)(C)c1cc(=O)c2c(O)c(-c3ccc4oc(C(C)(C)C(=O)OC)cc(=O)c4c3O)ccc2o1. The molecule has 2 heterocycles. The van der Waals surface area contributed by atoms with Gasteiger partial charge in [-0.2, -0.15) is 0 Å². The van der Waals surface area contributed by atoms with E-state index in [0.717, 1.165) is 12.1 Å². The summed E-state index contributed by atoms with van der Waals surface area (Å²) in [4.78, 5) is 50.3. The fourth-order valence-electron chi connectivity index (χ4n) is 4.23. The van der Waals surface area contributed by atoms with Crippen molar-refractivity contribution >= 4 is 33.9 Å². The highest BCUT2D eigenvalue weighted by molar-refractivity contribution is 5.98. The highest BCUT2D eigenvalue weighted by Gasteiger charge is 2.36. The van der Waals surface area contributed by atoms with E-state index in [1.165, 1.54) is 66.2 Å². The molecule has 198 valence electrons. The van der Waals surface area contributed by atoms with E-state index in [4.69, 9.17) is 18.3 Å². The topological polar surface area (TPSA) is 153 Å². The number of carbonyl (C=O) groups is 2. The minimum absolute atomic E-state index is 0.0141. The van der Waals surface area contributed by atoms with Crippen LogP contribution in [0.4, 0.5) is 0 Å². The van der Waals surface area contributed by atoms with E-state index in [-0.39, 0.29) is 44.6 Å². The summed E-state index contributed by atoms with van der Waals surface area (Å²) in [6.45, 7) is 6.14. The molecule has 0 bridgehead atoms. The Hall–Kier alpha value is -4.60. The molecule has 10 heteroatoms. The maximum Gasteiger partial charge on any atom is 0.318 e. The highest BCUT2D eigenvalue weighted by atomic mass is 16.5. The Bertz CT molecular complexity index is 1610. The predicted molar refractivity (Wildman–Crippen MR) is 137 cm³/mol. The van der Waals surface area contributed by atoms with Gasteiger partial charge in [-0.15, -0.1) is 0 Å². The van der Waals surface area contributed by atoms with Crippen LogP contribution in [0.5, 0.6) is 11.5 Å². The highest BCUT2D eigenvalue weighted by Crippen LogP contribution is 2.42. The molecule has 0 unspecified atom stereocenters. The number of phenolic OH excluding ortho intramolecular Hbond substituents is 2. The van der Waals surface area contributed by atoms with Crippen LogP contribution in [-0.2, 0) is 29.9 Å². The first-order chi connectivity index (χ1) is 17.7. The molecule has 4 rings (SSSR count). The summed E-state index contributed by atoms with van der Waals surface area (Å²) in [7, 11) is 2.44. The summed E-state index contributed by atoms with van der Waals surface area (Å²) in [6.07, 6.45) is 0. The van der Waals surface area contributed by atoms with Crippen molar-refractivity contribution in [3.8, 4) is 22.6 Å². The molecule has 0 amide bonds. The van der Waals surface area contributed by atoms with E-state index in [1.807, 2.05) is 0 Å². The fourth-order valence-corrected chi connectivity index (χ4v) is 4.23. The lowest BCUT2D eigenvalue weighted by Gasteiger charge is -2.21. The van der Waals surface area contributed by atoms with Crippen molar-refractivity contribution in [1.29, 1.82) is 0 Å². The predicted octanol–water partition coefficient (Wildman–Crippen LogP) is 3.88. The number of benzene rings is 2. The van der Waals surface area contributed by atoms with Gasteiger partial charge in [0.25, 0.3) is 0 Å². The maximum atomic E-state index is 13.0. The van der Waals surface area contributed by atoms with Crippen LogP contribution in [0.1, 0.15) is 39.2 Å². The molecule has 2 aromatic heterocycles. The number of aromatic hydroxyl groups is 2. The zero-order chi connectivity index (χ0) is 28.2. The van der Waals surface area contributed by atoms with Gasteiger partial charge < -0.3 is 28.5 Å². The number of fused-ring (bicyclic) bond motifs is 2. The molecule has 0 aliphatic rings. The molecule has 0 spiro atoms. The number of carbonyl (C=O) groups excluding carboxylic acids is 2. The first-order valence-electron chi connectivity index (χ1n) is 11.5. The van der Waals surface area contributed by atoms with Crippen molar-refractivity contribution in [2.45, 2.75) is 38.5 Å². The van der Waals surface area contributed by atoms with E-state index >= 15 is 0 Å². The van der Waals surface area contributed by atoms with Crippen molar-refractivity contribution in [1.82, 2.24) is 0 Å². The summed E-state index contributed by atoms with van der Waals surface area (Å²) >= 11 is 0. The smallest absolute Gasteiger partial charge is 0.318 e. The molecule has 0 aliphatic heterocycles. The first kappa shape index (κ1) is 26.5.